The Morgan fingerprint density at radius 1 is 1.03 bits per heavy atom. The van der Waals surface area contributed by atoms with Crippen molar-refractivity contribution >= 4 is 50.1 Å². The van der Waals surface area contributed by atoms with Crippen LogP contribution in [-0.4, -0.2) is 44.6 Å². The number of carbonyl (C=O) groups is 1. The Labute approximate surface area is 177 Å². The fourth-order valence-electron chi connectivity index (χ4n) is 3.76. The number of hydrogen-bond donors (Lipinski definition) is 0. The van der Waals surface area contributed by atoms with E-state index in [1.165, 1.54) is 21.5 Å². The van der Waals surface area contributed by atoms with Crippen LogP contribution in [0.25, 0.3) is 21.1 Å². The van der Waals surface area contributed by atoms with Crippen molar-refractivity contribution in [2.24, 2.45) is 0 Å². The molecule has 1 aliphatic rings. The van der Waals surface area contributed by atoms with E-state index in [0.717, 1.165) is 47.4 Å². The number of thiazole rings is 1. The van der Waals surface area contributed by atoms with Crippen molar-refractivity contribution in [3.63, 3.8) is 0 Å². The average Bonchev–Trinajstić information content (AvgIpc) is 3.22. The highest BCUT2D eigenvalue weighted by atomic mass is 32.2. The Kier molecular flexibility index (Phi) is 5.16. The van der Waals surface area contributed by atoms with Gasteiger partial charge in [0.15, 0.2) is 0 Å². The van der Waals surface area contributed by atoms with Gasteiger partial charge in [-0.1, -0.05) is 42.1 Å². The predicted octanol–water partition coefficient (Wildman–Crippen LogP) is 4.74. The molecule has 29 heavy (non-hydrogen) atoms. The highest BCUT2D eigenvalue weighted by Crippen LogP contribution is 2.34. The zero-order valence-electron chi connectivity index (χ0n) is 15.8. The summed E-state index contributed by atoms with van der Waals surface area (Å²) >= 11 is 3.29. The first-order chi connectivity index (χ1) is 14.3. The lowest BCUT2D eigenvalue weighted by Gasteiger charge is -2.31. The molecule has 1 fully saturated rings. The summed E-state index contributed by atoms with van der Waals surface area (Å²) in [6.07, 6.45) is 3.53. The molecule has 0 unspecified atom stereocenters. The van der Waals surface area contributed by atoms with E-state index in [-0.39, 0.29) is 5.91 Å². The number of nitrogens with zero attached hydrogens (tertiary/aromatic N) is 4. The van der Waals surface area contributed by atoms with Crippen LogP contribution in [-0.2, 0) is 4.79 Å². The second-order valence-corrected chi connectivity index (χ2v) is 9.19. The summed E-state index contributed by atoms with van der Waals surface area (Å²) in [5.74, 6) is 1.04. The molecular weight excluding hydrogens is 400 g/mol. The molecule has 1 amide bonds. The average molecular weight is 421 g/mol. The lowest BCUT2D eigenvalue weighted by Crippen LogP contribution is -2.38. The summed E-state index contributed by atoms with van der Waals surface area (Å²) < 4.78 is 1.24. The van der Waals surface area contributed by atoms with Crippen molar-refractivity contribution < 1.29 is 4.79 Å². The van der Waals surface area contributed by atoms with Crippen LogP contribution >= 0.6 is 23.1 Å². The molecule has 0 aliphatic carbocycles. The first kappa shape index (κ1) is 18.5. The van der Waals surface area contributed by atoms with Gasteiger partial charge in [0.2, 0.25) is 5.91 Å². The van der Waals surface area contributed by atoms with Crippen LogP contribution in [0.5, 0.6) is 0 Å². The molecule has 7 heteroatoms. The van der Waals surface area contributed by atoms with Crippen molar-refractivity contribution in [1.29, 1.82) is 0 Å². The standard InChI is InChI=1S/C22H20N4OS2/c27-20(13-28-22-16-5-1-2-6-17(16)23-14-24-22)26-11-9-15(10-12-26)21-25-18-7-3-4-8-19(18)29-21/h1-8,14-15H,9-13H2. The van der Waals surface area contributed by atoms with Gasteiger partial charge >= 0.3 is 0 Å². The third-order valence-corrected chi connectivity index (χ3v) is 7.53. The van der Waals surface area contributed by atoms with E-state index in [2.05, 4.69) is 28.2 Å². The molecular formula is C22H20N4OS2. The largest absolute Gasteiger partial charge is 0.342 e. The number of rotatable bonds is 4. The monoisotopic (exact) mass is 420 g/mol. The zero-order valence-corrected chi connectivity index (χ0v) is 17.5. The summed E-state index contributed by atoms with van der Waals surface area (Å²) in [6.45, 7) is 1.59. The van der Waals surface area contributed by atoms with Crippen LogP contribution < -0.4 is 0 Å². The molecule has 5 rings (SSSR count). The van der Waals surface area contributed by atoms with E-state index < -0.39 is 0 Å². The van der Waals surface area contributed by atoms with Gasteiger partial charge in [-0.3, -0.25) is 4.79 Å². The first-order valence-corrected chi connectivity index (χ1v) is 11.5. The topological polar surface area (TPSA) is 59.0 Å². The number of thioether (sulfide) groups is 1. The Bertz CT molecular complexity index is 1130. The Hall–Kier alpha value is -2.51. The van der Waals surface area contributed by atoms with Gasteiger partial charge in [-0.25, -0.2) is 15.0 Å². The quantitative estimate of drug-likeness (QED) is 0.353. The van der Waals surface area contributed by atoms with Crippen molar-refractivity contribution in [2.75, 3.05) is 18.8 Å². The van der Waals surface area contributed by atoms with Crippen molar-refractivity contribution in [3.8, 4) is 0 Å². The Morgan fingerprint density at radius 2 is 1.79 bits per heavy atom. The minimum Gasteiger partial charge on any atom is -0.342 e. The Balaban J connectivity index is 1.20. The van der Waals surface area contributed by atoms with Crippen molar-refractivity contribution in [1.82, 2.24) is 19.9 Å². The van der Waals surface area contributed by atoms with Gasteiger partial charge in [0, 0.05) is 24.4 Å². The summed E-state index contributed by atoms with van der Waals surface area (Å²) in [6, 6.07) is 16.2. The van der Waals surface area contributed by atoms with Crippen LogP contribution in [0.1, 0.15) is 23.8 Å². The fourth-order valence-corrected chi connectivity index (χ4v) is 5.79. The van der Waals surface area contributed by atoms with Crippen LogP contribution in [0.15, 0.2) is 59.9 Å². The second kappa shape index (κ2) is 8.08. The molecule has 1 aliphatic heterocycles. The first-order valence-electron chi connectivity index (χ1n) is 9.74. The number of carbonyl (C=O) groups excluding carboxylic acids is 1. The lowest BCUT2D eigenvalue weighted by molar-refractivity contribution is -0.129. The van der Waals surface area contributed by atoms with E-state index in [1.807, 2.05) is 35.2 Å². The molecule has 4 aromatic rings. The molecule has 0 saturated carbocycles. The molecule has 0 bridgehead atoms. The fraction of sp³-hybridized carbons (Fsp3) is 0.273. The SMILES string of the molecule is O=C(CSc1ncnc2ccccc12)N1CCC(c2nc3ccccc3s2)CC1. The van der Waals surface area contributed by atoms with Gasteiger partial charge in [-0.05, 0) is 31.0 Å². The van der Waals surface area contributed by atoms with Gasteiger partial charge in [0.25, 0.3) is 0 Å². The Morgan fingerprint density at radius 3 is 2.62 bits per heavy atom. The van der Waals surface area contributed by atoms with E-state index in [9.17, 15) is 4.79 Å². The zero-order chi connectivity index (χ0) is 19.6. The molecule has 2 aromatic heterocycles. The highest BCUT2D eigenvalue weighted by Gasteiger charge is 2.26. The predicted molar refractivity (Wildman–Crippen MR) is 118 cm³/mol. The van der Waals surface area contributed by atoms with Crippen LogP contribution in [0.4, 0.5) is 0 Å². The lowest BCUT2D eigenvalue weighted by atomic mass is 9.97. The number of fused-ring (bicyclic) bond motifs is 2. The smallest absolute Gasteiger partial charge is 0.232 e. The molecule has 0 N–H and O–H groups in total. The third kappa shape index (κ3) is 3.84. The molecule has 1 saturated heterocycles. The number of amides is 1. The molecule has 146 valence electrons. The van der Waals surface area contributed by atoms with Crippen molar-refractivity contribution in [3.05, 3.63) is 59.9 Å². The summed E-state index contributed by atoms with van der Waals surface area (Å²) in [5.41, 5.74) is 1.99. The number of benzene rings is 2. The van der Waals surface area contributed by atoms with E-state index >= 15 is 0 Å². The van der Waals surface area contributed by atoms with Gasteiger partial charge in [-0.15, -0.1) is 11.3 Å². The van der Waals surface area contributed by atoms with Gasteiger partial charge in [0.05, 0.1) is 26.5 Å². The van der Waals surface area contributed by atoms with E-state index in [4.69, 9.17) is 4.98 Å². The van der Waals surface area contributed by atoms with Crippen LogP contribution in [0.3, 0.4) is 0 Å². The van der Waals surface area contributed by atoms with E-state index in [0.29, 0.717) is 11.7 Å². The van der Waals surface area contributed by atoms with Crippen molar-refractivity contribution in [2.45, 2.75) is 23.8 Å². The minimum absolute atomic E-state index is 0.181. The van der Waals surface area contributed by atoms with Crippen LogP contribution in [0.2, 0.25) is 0 Å². The summed E-state index contributed by atoms with van der Waals surface area (Å²) in [7, 11) is 0. The third-order valence-electron chi connectivity index (χ3n) is 5.35. The summed E-state index contributed by atoms with van der Waals surface area (Å²) in [4.78, 5) is 28.2. The minimum atomic E-state index is 0.181. The number of para-hydroxylation sites is 2. The molecule has 5 nitrogen and oxygen atoms in total. The number of hydrogen-bond acceptors (Lipinski definition) is 6. The molecule has 0 spiro atoms. The number of aromatic nitrogens is 3. The maximum absolute atomic E-state index is 12.7. The van der Waals surface area contributed by atoms with Gasteiger partial charge < -0.3 is 4.90 Å². The molecule has 3 heterocycles. The molecule has 0 atom stereocenters. The molecule has 2 aromatic carbocycles. The second-order valence-electron chi connectivity index (χ2n) is 7.16. The summed E-state index contributed by atoms with van der Waals surface area (Å²) in [5, 5.41) is 3.08. The van der Waals surface area contributed by atoms with Gasteiger partial charge in [-0.2, -0.15) is 0 Å². The van der Waals surface area contributed by atoms with Crippen LogP contribution in [0, 0.1) is 0 Å². The van der Waals surface area contributed by atoms with E-state index in [1.54, 1.807) is 17.7 Å². The highest BCUT2D eigenvalue weighted by molar-refractivity contribution is 8.00. The molecule has 0 radical (unpaired) electrons. The maximum atomic E-state index is 12.7. The normalized spacial score (nSPS) is 15.2. The number of piperidine rings is 1. The maximum Gasteiger partial charge on any atom is 0.232 e. The number of likely N-dealkylation sites (tertiary alicyclic amines) is 1. The van der Waals surface area contributed by atoms with Gasteiger partial charge in [0.1, 0.15) is 11.4 Å².